The molecule has 0 saturated heterocycles. The van der Waals surface area contributed by atoms with Gasteiger partial charge >= 0.3 is 0 Å². The lowest BCUT2D eigenvalue weighted by Gasteiger charge is -2.17. The summed E-state index contributed by atoms with van der Waals surface area (Å²) in [7, 11) is 2.00. The molecule has 0 spiro atoms. The van der Waals surface area contributed by atoms with Crippen LogP contribution in [-0.4, -0.2) is 12.0 Å². The maximum absolute atomic E-state index is 4.40. The Hall–Kier alpha value is -1.67. The van der Waals surface area contributed by atoms with Crippen LogP contribution in [0, 0.1) is 0 Å². The number of benzene rings is 1. The first-order valence-electron chi connectivity index (χ1n) is 6.87. The van der Waals surface area contributed by atoms with Crippen molar-refractivity contribution in [3.8, 4) is 0 Å². The maximum Gasteiger partial charge on any atom is 0.0422 e. The normalized spacial score (nSPS) is 12.6. The van der Waals surface area contributed by atoms with E-state index in [-0.39, 0.29) is 0 Å². The minimum Gasteiger partial charge on any atom is -0.313 e. The monoisotopic (exact) mass is 254 g/mol. The summed E-state index contributed by atoms with van der Waals surface area (Å²) >= 11 is 0. The van der Waals surface area contributed by atoms with Crippen molar-refractivity contribution >= 4 is 0 Å². The molecule has 0 fully saturated rings. The van der Waals surface area contributed by atoms with Crippen LogP contribution in [0.3, 0.4) is 0 Å². The van der Waals surface area contributed by atoms with Gasteiger partial charge in [-0.25, -0.2) is 0 Å². The fourth-order valence-corrected chi connectivity index (χ4v) is 2.23. The lowest BCUT2D eigenvalue weighted by atomic mass is 9.97. The number of aromatic nitrogens is 1. The van der Waals surface area contributed by atoms with Crippen molar-refractivity contribution in [1.29, 1.82) is 0 Å². The molecular weight excluding hydrogens is 232 g/mol. The maximum atomic E-state index is 4.40. The summed E-state index contributed by atoms with van der Waals surface area (Å²) in [5.41, 5.74) is 3.82. The van der Waals surface area contributed by atoms with Crippen LogP contribution in [0.5, 0.6) is 0 Å². The van der Waals surface area contributed by atoms with Crippen LogP contribution in [0.25, 0.3) is 0 Å². The summed E-state index contributed by atoms with van der Waals surface area (Å²) < 4.78 is 0. The number of nitrogens with zero attached hydrogens (tertiary/aromatic N) is 1. The van der Waals surface area contributed by atoms with Crippen molar-refractivity contribution in [3.63, 3.8) is 0 Å². The van der Waals surface area contributed by atoms with E-state index in [4.69, 9.17) is 0 Å². The van der Waals surface area contributed by atoms with Gasteiger partial charge in [-0.3, -0.25) is 4.98 Å². The number of pyridine rings is 1. The quantitative estimate of drug-likeness (QED) is 0.880. The predicted octanol–water partition coefficient (Wildman–Crippen LogP) is 3.71. The molecule has 1 heterocycles. The summed E-state index contributed by atoms with van der Waals surface area (Å²) in [6, 6.07) is 15.3. The SMILES string of the molecule is CNC(Cc1ccccn1)c1ccc(C(C)C)cc1. The van der Waals surface area contributed by atoms with Crippen LogP contribution in [0.4, 0.5) is 0 Å². The van der Waals surface area contributed by atoms with Crippen molar-refractivity contribution in [3.05, 3.63) is 65.5 Å². The molecule has 100 valence electrons. The standard InChI is InChI=1S/C17H22N2/c1-13(2)14-7-9-15(10-8-14)17(18-3)12-16-6-4-5-11-19-16/h4-11,13,17-18H,12H2,1-3H3. The van der Waals surface area contributed by atoms with Gasteiger partial charge in [0.1, 0.15) is 0 Å². The lowest BCUT2D eigenvalue weighted by Crippen LogP contribution is -2.19. The first-order chi connectivity index (χ1) is 9.20. The Kier molecular flexibility index (Phi) is 4.69. The molecule has 0 bridgehead atoms. The zero-order chi connectivity index (χ0) is 13.7. The molecule has 1 atom stereocenters. The summed E-state index contributed by atoms with van der Waals surface area (Å²) in [6.07, 6.45) is 2.77. The van der Waals surface area contributed by atoms with E-state index in [9.17, 15) is 0 Å². The molecule has 2 rings (SSSR count). The van der Waals surface area contributed by atoms with Crippen molar-refractivity contribution in [2.75, 3.05) is 7.05 Å². The topological polar surface area (TPSA) is 24.9 Å². The first kappa shape index (κ1) is 13.8. The third-order valence-electron chi connectivity index (χ3n) is 3.49. The number of rotatable bonds is 5. The van der Waals surface area contributed by atoms with Gasteiger partial charge < -0.3 is 5.32 Å². The average molecular weight is 254 g/mol. The second kappa shape index (κ2) is 6.48. The highest BCUT2D eigenvalue weighted by atomic mass is 14.9. The highest BCUT2D eigenvalue weighted by molar-refractivity contribution is 5.27. The van der Waals surface area contributed by atoms with E-state index in [1.807, 2.05) is 25.4 Å². The molecule has 1 N–H and O–H groups in total. The zero-order valence-electron chi connectivity index (χ0n) is 11.9. The Morgan fingerprint density at radius 2 is 1.68 bits per heavy atom. The van der Waals surface area contributed by atoms with Gasteiger partial charge in [-0.15, -0.1) is 0 Å². The highest BCUT2D eigenvalue weighted by Gasteiger charge is 2.11. The Balaban J connectivity index is 2.13. The van der Waals surface area contributed by atoms with Gasteiger partial charge in [0.15, 0.2) is 0 Å². The molecule has 0 aliphatic rings. The van der Waals surface area contributed by atoms with E-state index in [0.29, 0.717) is 12.0 Å². The third kappa shape index (κ3) is 3.65. The predicted molar refractivity (Wildman–Crippen MR) is 80.3 cm³/mol. The van der Waals surface area contributed by atoms with Crippen LogP contribution in [0.2, 0.25) is 0 Å². The third-order valence-corrected chi connectivity index (χ3v) is 3.49. The van der Waals surface area contributed by atoms with Gasteiger partial charge in [0.2, 0.25) is 0 Å². The number of hydrogen-bond donors (Lipinski definition) is 1. The average Bonchev–Trinajstić information content (AvgIpc) is 2.46. The zero-order valence-corrected chi connectivity index (χ0v) is 11.9. The number of likely N-dealkylation sites (N-methyl/N-ethyl adjacent to an activating group) is 1. The summed E-state index contributed by atoms with van der Waals surface area (Å²) in [5, 5.41) is 3.38. The molecule has 0 aliphatic carbocycles. The lowest BCUT2D eigenvalue weighted by molar-refractivity contribution is 0.584. The summed E-state index contributed by atoms with van der Waals surface area (Å²) in [4.78, 5) is 4.40. The van der Waals surface area contributed by atoms with E-state index in [2.05, 4.69) is 54.5 Å². The minimum atomic E-state index is 0.316. The molecule has 2 nitrogen and oxygen atoms in total. The Morgan fingerprint density at radius 1 is 1.00 bits per heavy atom. The van der Waals surface area contributed by atoms with E-state index in [1.54, 1.807) is 0 Å². The van der Waals surface area contributed by atoms with Gasteiger partial charge in [-0.2, -0.15) is 0 Å². The fraction of sp³-hybridized carbons (Fsp3) is 0.353. The molecule has 19 heavy (non-hydrogen) atoms. The van der Waals surface area contributed by atoms with Gasteiger partial charge in [-0.05, 0) is 36.2 Å². The van der Waals surface area contributed by atoms with Crippen LogP contribution in [-0.2, 0) is 6.42 Å². The van der Waals surface area contributed by atoms with Crippen LogP contribution >= 0.6 is 0 Å². The van der Waals surface area contributed by atoms with Crippen molar-refractivity contribution in [1.82, 2.24) is 10.3 Å². The molecule has 1 unspecified atom stereocenters. The van der Waals surface area contributed by atoms with E-state index >= 15 is 0 Å². The molecule has 1 aromatic carbocycles. The fourth-order valence-electron chi connectivity index (χ4n) is 2.23. The number of hydrogen-bond acceptors (Lipinski definition) is 2. The molecular formula is C17H22N2. The Bertz CT molecular complexity index is 488. The van der Waals surface area contributed by atoms with E-state index in [1.165, 1.54) is 11.1 Å². The second-order valence-electron chi connectivity index (χ2n) is 5.19. The number of nitrogens with one attached hydrogen (secondary N) is 1. The van der Waals surface area contributed by atoms with Gasteiger partial charge in [0.25, 0.3) is 0 Å². The summed E-state index contributed by atoms with van der Waals surface area (Å²) in [5.74, 6) is 0.581. The van der Waals surface area contributed by atoms with Gasteiger partial charge in [0.05, 0.1) is 0 Å². The summed E-state index contributed by atoms with van der Waals surface area (Å²) in [6.45, 7) is 4.44. The van der Waals surface area contributed by atoms with Crippen LogP contribution < -0.4 is 5.32 Å². The van der Waals surface area contributed by atoms with Gasteiger partial charge in [0, 0.05) is 24.4 Å². The van der Waals surface area contributed by atoms with E-state index < -0.39 is 0 Å². The Morgan fingerprint density at radius 3 is 2.21 bits per heavy atom. The minimum absolute atomic E-state index is 0.316. The molecule has 2 aromatic rings. The molecule has 0 aliphatic heterocycles. The van der Waals surface area contributed by atoms with Crippen LogP contribution in [0.1, 0.15) is 42.6 Å². The molecule has 2 heteroatoms. The smallest absolute Gasteiger partial charge is 0.0422 e. The molecule has 0 radical (unpaired) electrons. The second-order valence-corrected chi connectivity index (χ2v) is 5.19. The molecule has 0 saturated carbocycles. The first-order valence-corrected chi connectivity index (χ1v) is 6.87. The Labute approximate surface area is 115 Å². The van der Waals surface area contributed by atoms with Gasteiger partial charge in [-0.1, -0.05) is 44.2 Å². The van der Waals surface area contributed by atoms with Crippen molar-refractivity contribution in [2.24, 2.45) is 0 Å². The highest BCUT2D eigenvalue weighted by Crippen LogP contribution is 2.20. The molecule has 1 aromatic heterocycles. The molecule has 0 amide bonds. The van der Waals surface area contributed by atoms with Crippen molar-refractivity contribution < 1.29 is 0 Å². The van der Waals surface area contributed by atoms with Crippen molar-refractivity contribution in [2.45, 2.75) is 32.2 Å². The van der Waals surface area contributed by atoms with Crippen LogP contribution in [0.15, 0.2) is 48.7 Å². The largest absolute Gasteiger partial charge is 0.313 e. The van der Waals surface area contributed by atoms with E-state index in [0.717, 1.165) is 12.1 Å².